The largest absolute Gasteiger partial charge is 0.488 e. The molecule has 3 aromatic rings. The second-order valence-corrected chi connectivity index (χ2v) is 7.50. The predicted octanol–water partition coefficient (Wildman–Crippen LogP) is 3.70. The van der Waals surface area contributed by atoms with Gasteiger partial charge in [0.25, 0.3) is 0 Å². The number of hydrogen-bond donors (Lipinski definition) is 2. The Morgan fingerprint density at radius 2 is 2.07 bits per heavy atom. The lowest BCUT2D eigenvalue weighted by atomic mass is 10.2. The van der Waals surface area contributed by atoms with Crippen molar-refractivity contribution in [2.24, 2.45) is 5.10 Å². The van der Waals surface area contributed by atoms with Gasteiger partial charge in [0.1, 0.15) is 17.4 Å². The van der Waals surface area contributed by atoms with Crippen molar-refractivity contribution in [2.45, 2.75) is 13.0 Å². The zero-order valence-electron chi connectivity index (χ0n) is 14.4. The molecule has 144 valence electrons. The third-order valence-corrected chi connectivity index (χ3v) is 4.84. The maximum absolute atomic E-state index is 11.9. The molecule has 3 rings (SSSR count). The number of nitrogens with two attached hydrogens (primary N) is 1. The van der Waals surface area contributed by atoms with Crippen LogP contribution in [0.1, 0.15) is 16.1 Å². The Morgan fingerprint density at radius 1 is 1.25 bits per heavy atom. The lowest BCUT2D eigenvalue weighted by molar-refractivity contribution is -0.120. The summed E-state index contributed by atoms with van der Waals surface area (Å²) < 4.78 is 5.84. The number of nitrogen functional groups attached to an aromatic ring is 1. The molecule has 0 unspecified atom stereocenters. The number of rotatable bonds is 7. The van der Waals surface area contributed by atoms with Gasteiger partial charge in [-0.05, 0) is 24.3 Å². The van der Waals surface area contributed by atoms with E-state index in [1.807, 2.05) is 24.3 Å². The molecule has 1 aromatic heterocycles. The van der Waals surface area contributed by atoms with Gasteiger partial charge in [-0.25, -0.2) is 5.43 Å². The first kappa shape index (κ1) is 20.1. The first-order valence-corrected chi connectivity index (χ1v) is 9.64. The number of halogens is 2. The lowest BCUT2D eigenvalue weighted by Crippen LogP contribution is -2.19. The van der Waals surface area contributed by atoms with E-state index in [1.165, 1.54) is 6.21 Å². The second kappa shape index (κ2) is 9.50. The van der Waals surface area contributed by atoms with Gasteiger partial charge < -0.3 is 10.5 Å². The summed E-state index contributed by atoms with van der Waals surface area (Å²) >= 11 is 13.2. The fourth-order valence-corrected chi connectivity index (χ4v) is 3.27. The fraction of sp³-hybridized carbons (Fsp3) is 0.111. The highest BCUT2D eigenvalue weighted by Crippen LogP contribution is 2.23. The summed E-state index contributed by atoms with van der Waals surface area (Å²) in [6.07, 6.45) is 1.56. The van der Waals surface area contributed by atoms with Crippen LogP contribution in [-0.4, -0.2) is 22.3 Å². The maximum atomic E-state index is 11.9. The Hall–Kier alpha value is -2.68. The van der Waals surface area contributed by atoms with Gasteiger partial charge in [-0.3, -0.25) is 4.79 Å². The van der Waals surface area contributed by atoms with E-state index in [1.54, 1.807) is 18.2 Å². The van der Waals surface area contributed by atoms with Crippen LogP contribution in [0.25, 0.3) is 0 Å². The van der Waals surface area contributed by atoms with Crippen LogP contribution in [0.4, 0.5) is 5.13 Å². The molecule has 0 aliphatic heterocycles. The van der Waals surface area contributed by atoms with Crippen molar-refractivity contribution >= 4 is 51.8 Å². The fourth-order valence-electron chi connectivity index (χ4n) is 2.20. The van der Waals surface area contributed by atoms with Crippen molar-refractivity contribution in [1.29, 1.82) is 0 Å². The molecule has 10 heteroatoms. The first-order valence-electron chi connectivity index (χ1n) is 8.07. The van der Waals surface area contributed by atoms with Crippen molar-refractivity contribution in [3.63, 3.8) is 0 Å². The number of para-hydroxylation sites is 1. The molecule has 0 saturated heterocycles. The summed E-state index contributed by atoms with van der Waals surface area (Å²) in [5.41, 5.74) is 9.44. The quantitative estimate of drug-likeness (QED) is 0.434. The summed E-state index contributed by atoms with van der Waals surface area (Å²) in [4.78, 5) is 11.9. The predicted molar refractivity (Wildman–Crippen MR) is 111 cm³/mol. The zero-order valence-corrected chi connectivity index (χ0v) is 16.8. The zero-order chi connectivity index (χ0) is 19.9. The summed E-state index contributed by atoms with van der Waals surface area (Å²) in [7, 11) is 0. The van der Waals surface area contributed by atoms with E-state index in [0.717, 1.165) is 16.9 Å². The molecule has 0 fully saturated rings. The summed E-state index contributed by atoms with van der Waals surface area (Å²) in [6.45, 7) is 0.270. The van der Waals surface area contributed by atoms with Crippen molar-refractivity contribution in [1.82, 2.24) is 15.6 Å². The highest BCUT2D eigenvalue weighted by Gasteiger charge is 2.08. The summed E-state index contributed by atoms with van der Waals surface area (Å²) in [6, 6.07) is 12.5. The number of benzene rings is 2. The Labute approximate surface area is 175 Å². The van der Waals surface area contributed by atoms with E-state index in [-0.39, 0.29) is 18.9 Å². The Kier molecular flexibility index (Phi) is 6.80. The van der Waals surface area contributed by atoms with Gasteiger partial charge in [-0.1, -0.05) is 52.7 Å². The van der Waals surface area contributed by atoms with Gasteiger partial charge in [-0.15, -0.1) is 10.2 Å². The molecule has 0 bridgehead atoms. The number of carbonyl (C=O) groups is 1. The van der Waals surface area contributed by atoms with Crippen LogP contribution in [-0.2, 0) is 17.8 Å². The van der Waals surface area contributed by atoms with Crippen LogP contribution in [0.3, 0.4) is 0 Å². The minimum Gasteiger partial charge on any atom is -0.488 e. The monoisotopic (exact) mass is 435 g/mol. The van der Waals surface area contributed by atoms with E-state index in [2.05, 4.69) is 20.7 Å². The molecule has 1 heterocycles. The molecule has 2 aromatic carbocycles. The standard InChI is InChI=1S/C18H15Cl2N5O2S/c19-13-6-5-12(14(20)7-13)10-27-15-4-2-1-3-11(15)9-22-23-16(26)8-17-24-25-18(21)28-17/h1-7,9H,8,10H2,(H2,21,25)(H,23,26)/b22-9+. The van der Waals surface area contributed by atoms with E-state index >= 15 is 0 Å². The highest BCUT2D eigenvalue weighted by molar-refractivity contribution is 7.15. The number of aromatic nitrogens is 2. The van der Waals surface area contributed by atoms with Crippen LogP contribution in [0.5, 0.6) is 5.75 Å². The number of nitrogens with zero attached hydrogens (tertiary/aromatic N) is 3. The molecule has 0 aliphatic carbocycles. The van der Waals surface area contributed by atoms with Crippen LogP contribution in [0.2, 0.25) is 10.0 Å². The van der Waals surface area contributed by atoms with Gasteiger partial charge in [0.05, 0.1) is 12.6 Å². The molecule has 0 saturated carbocycles. The van der Waals surface area contributed by atoms with Crippen molar-refractivity contribution in [3.8, 4) is 5.75 Å². The molecule has 0 aliphatic rings. The molecule has 28 heavy (non-hydrogen) atoms. The summed E-state index contributed by atoms with van der Waals surface area (Å²) in [5, 5.41) is 13.4. The van der Waals surface area contributed by atoms with Crippen molar-refractivity contribution in [3.05, 3.63) is 68.6 Å². The molecule has 0 radical (unpaired) electrons. The maximum Gasteiger partial charge on any atom is 0.247 e. The third kappa shape index (κ3) is 5.66. The molecule has 0 atom stereocenters. The van der Waals surface area contributed by atoms with Gasteiger partial charge >= 0.3 is 0 Å². The smallest absolute Gasteiger partial charge is 0.247 e. The average Bonchev–Trinajstić information content (AvgIpc) is 3.06. The second-order valence-electron chi connectivity index (χ2n) is 5.57. The SMILES string of the molecule is Nc1nnc(CC(=O)N/N=C/c2ccccc2OCc2ccc(Cl)cc2Cl)s1. The molecule has 1 amide bonds. The van der Waals surface area contributed by atoms with Gasteiger partial charge in [0, 0.05) is 21.2 Å². The number of carbonyl (C=O) groups excluding carboxylic acids is 1. The molecule has 7 nitrogen and oxygen atoms in total. The Balaban J connectivity index is 1.60. The molecular formula is C18H15Cl2N5O2S. The van der Waals surface area contributed by atoms with Crippen molar-refractivity contribution < 1.29 is 9.53 Å². The van der Waals surface area contributed by atoms with Crippen LogP contribution < -0.4 is 15.9 Å². The number of hydrogen-bond acceptors (Lipinski definition) is 7. The van der Waals surface area contributed by atoms with E-state index in [0.29, 0.717) is 31.5 Å². The Morgan fingerprint density at radius 3 is 2.82 bits per heavy atom. The van der Waals surface area contributed by atoms with Crippen molar-refractivity contribution in [2.75, 3.05) is 5.73 Å². The Bertz CT molecular complexity index is 1010. The molecule has 3 N–H and O–H groups in total. The van der Waals surface area contributed by atoms with Crippen LogP contribution in [0, 0.1) is 0 Å². The van der Waals surface area contributed by atoms with Gasteiger partial charge in [0.2, 0.25) is 11.0 Å². The van der Waals surface area contributed by atoms with E-state index < -0.39 is 0 Å². The van der Waals surface area contributed by atoms with Gasteiger partial charge in [-0.2, -0.15) is 5.10 Å². The lowest BCUT2D eigenvalue weighted by Gasteiger charge is -2.10. The topological polar surface area (TPSA) is 102 Å². The number of nitrogens with one attached hydrogen (secondary N) is 1. The molecular weight excluding hydrogens is 421 g/mol. The number of hydrazone groups is 1. The van der Waals surface area contributed by atoms with Crippen LogP contribution in [0.15, 0.2) is 47.6 Å². The normalized spacial score (nSPS) is 10.9. The van der Waals surface area contributed by atoms with Crippen LogP contribution >= 0.6 is 34.5 Å². The van der Waals surface area contributed by atoms with E-state index in [4.69, 9.17) is 33.7 Å². The number of anilines is 1. The third-order valence-electron chi connectivity index (χ3n) is 3.50. The number of ether oxygens (including phenoxy) is 1. The highest BCUT2D eigenvalue weighted by atomic mass is 35.5. The average molecular weight is 436 g/mol. The first-order chi connectivity index (χ1) is 13.5. The van der Waals surface area contributed by atoms with E-state index in [9.17, 15) is 4.79 Å². The number of amides is 1. The minimum atomic E-state index is -0.321. The molecule has 0 spiro atoms. The minimum absolute atomic E-state index is 0.0550. The van der Waals surface area contributed by atoms with Gasteiger partial charge in [0.15, 0.2) is 0 Å². The summed E-state index contributed by atoms with van der Waals surface area (Å²) in [5.74, 6) is 0.280.